The smallest absolute Gasteiger partial charge is 0.310 e. The van der Waals surface area contributed by atoms with Crippen LogP contribution in [0.15, 0.2) is 24.3 Å². The summed E-state index contributed by atoms with van der Waals surface area (Å²) in [6.07, 6.45) is 0. The number of carboxylic acids is 1. The van der Waals surface area contributed by atoms with Gasteiger partial charge in [0.2, 0.25) is 5.91 Å². The fourth-order valence-corrected chi connectivity index (χ4v) is 1.39. The second-order valence-electron chi connectivity index (χ2n) is 5.13. The van der Waals surface area contributed by atoms with Gasteiger partial charge in [-0.2, -0.15) is 0 Å². The van der Waals surface area contributed by atoms with Gasteiger partial charge in [-0.25, -0.2) is 0 Å². The fourth-order valence-electron chi connectivity index (χ4n) is 1.39. The maximum Gasteiger partial charge on any atom is 0.310 e. The molecule has 0 radical (unpaired) electrons. The van der Waals surface area contributed by atoms with Crippen LogP contribution >= 0.6 is 0 Å². The van der Waals surface area contributed by atoms with E-state index in [1.807, 2.05) is 0 Å². The molecule has 0 fully saturated rings. The van der Waals surface area contributed by atoms with E-state index in [1.165, 1.54) is 20.8 Å². The van der Waals surface area contributed by atoms with Gasteiger partial charge in [0.1, 0.15) is 0 Å². The van der Waals surface area contributed by atoms with Crippen molar-refractivity contribution < 1.29 is 19.5 Å². The third-order valence-electron chi connectivity index (χ3n) is 2.74. The summed E-state index contributed by atoms with van der Waals surface area (Å²) >= 11 is 0. The molecule has 0 heterocycles. The van der Waals surface area contributed by atoms with Crippen LogP contribution in [0.1, 0.15) is 31.1 Å². The molecule has 3 N–H and O–H groups in total. The first-order valence-corrected chi connectivity index (χ1v) is 6.11. The van der Waals surface area contributed by atoms with Crippen molar-refractivity contribution in [3.05, 3.63) is 29.8 Å². The Bertz CT molecular complexity index is 520. The molecular weight excluding hydrogens is 260 g/mol. The standard InChI is InChI=1S/C14H18N2O4/c1-9(17)16-11-6-4-10(5-7-11)12(18)15-8-14(2,3)13(19)20/h4-7H,8H2,1-3H3,(H,15,18)(H,16,17)(H,19,20). The predicted molar refractivity (Wildman–Crippen MR) is 74.5 cm³/mol. The molecule has 0 saturated carbocycles. The molecule has 1 rings (SSSR count). The fraction of sp³-hybridized carbons (Fsp3) is 0.357. The van der Waals surface area contributed by atoms with Crippen LogP contribution in [0.2, 0.25) is 0 Å². The van der Waals surface area contributed by atoms with E-state index in [2.05, 4.69) is 10.6 Å². The first-order valence-electron chi connectivity index (χ1n) is 6.11. The number of carbonyl (C=O) groups is 3. The molecule has 6 heteroatoms. The minimum Gasteiger partial charge on any atom is -0.481 e. The number of amides is 2. The highest BCUT2D eigenvalue weighted by molar-refractivity contribution is 5.95. The summed E-state index contributed by atoms with van der Waals surface area (Å²) in [6, 6.07) is 6.35. The number of hydrogen-bond donors (Lipinski definition) is 3. The van der Waals surface area contributed by atoms with E-state index in [0.717, 1.165) is 0 Å². The Balaban J connectivity index is 2.64. The molecule has 20 heavy (non-hydrogen) atoms. The van der Waals surface area contributed by atoms with E-state index in [9.17, 15) is 14.4 Å². The lowest BCUT2D eigenvalue weighted by atomic mass is 9.94. The number of carboxylic acid groups (broad SMARTS) is 1. The summed E-state index contributed by atoms with van der Waals surface area (Å²) in [5.41, 5.74) is -0.0218. The van der Waals surface area contributed by atoms with Gasteiger partial charge in [0.15, 0.2) is 0 Å². The molecule has 0 saturated heterocycles. The van der Waals surface area contributed by atoms with Crippen LogP contribution in [0.25, 0.3) is 0 Å². The van der Waals surface area contributed by atoms with Crippen molar-refractivity contribution in [3.63, 3.8) is 0 Å². The number of nitrogens with one attached hydrogen (secondary N) is 2. The monoisotopic (exact) mass is 278 g/mol. The molecule has 6 nitrogen and oxygen atoms in total. The van der Waals surface area contributed by atoms with Gasteiger partial charge in [-0.05, 0) is 38.1 Å². The zero-order valence-electron chi connectivity index (χ0n) is 11.7. The van der Waals surface area contributed by atoms with Crippen molar-refractivity contribution in [2.24, 2.45) is 5.41 Å². The third-order valence-corrected chi connectivity index (χ3v) is 2.74. The van der Waals surface area contributed by atoms with Gasteiger partial charge in [0, 0.05) is 24.7 Å². The van der Waals surface area contributed by atoms with Crippen LogP contribution in [0.4, 0.5) is 5.69 Å². The van der Waals surface area contributed by atoms with Crippen LogP contribution in [0, 0.1) is 5.41 Å². The van der Waals surface area contributed by atoms with Gasteiger partial charge in [-0.3, -0.25) is 14.4 Å². The molecule has 1 aromatic rings. The number of rotatable bonds is 5. The van der Waals surface area contributed by atoms with Crippen LogP contribution in [0.5, 0.6) is 0 Å². The Labute approximate surface area is 117 Å². The number of hydrogen-bond acceptors (Lipinski definition) is 3. The molecule has 0 aliphatic carbocycles. The first-order chi connectivity index (χ1) is 9.22. The molecule has 0 aromatic heterocycles. The second kappa shape index (κ2) is 6.18. The first kappa shape index (κ1) is 15.7. The van der Waals surface area contributed by atoms with Crippen molar-refractivity contribution in [3.8, 4) is 0 Å². The van der Waals surface area contributed by atoms with Gasteiger partial charge in [-0.15, -0.1) is 0 Å². The average molecular weight is 278 g/mol. The molecule has 0 aliphatic heterocycles. The summed E-state index contributed by atoms with van der Waals surface area (Å²) < 4.78 is 0. The van der Waals surface area contributed by atoms with Gasteiger partial charge < -0.3 is 15.7 Å². The zero-order chi connectivity index (χ0) is 15.3. The van der Waals surface area contributed by atoms with Crippen LogP contribution in [-0.4, -0.2) is 29.4 Å². The molecule has 108 valence electrons. The zero-order valence-corrected chi connectivity index (χ0v) is 11.7. The average Bonchev–Trinajstić information content (AvgIpc) is 2.36. The molecule has 0 unspecified atom stereocenters. The Kier molecular flexibility index (Phi) is 4.85. The number of benzene rings is 1. The van der Waals surface area contributed by atoms with E-state index in [1.54, 1.807) is 24.3 Å². The number of aliphatic carboxylic acids is 1. The van der Waals surface area contributed by atoms with E-state index in [-0.39, 0.29) is 18.4 Å². The summed E-state index contributed by atoms with van der Waals surface area (Å²) in [6.45, 7) is 4.51. The van der Waals surface area contributed by atoms with Gasteiger partial charge in [0.25, 0.3) is 5.91 Å². The maximum atomic E-state index is 11.9. The van der Waals surface area contributed by atoms with Gasteiger partial charge in [-0.1, -0.05) is 0 Å². The third kappa shape index (κ3) is 4.38. The molecule has 1 aromatic carbocycles. The van der Waals surface area contributed by atoms with Crippen LogP contribution < -0.4 is 10.6 Å². The SMILES string of the molecule is CC(=O)Nc1ccc(C(=O)NCC(C)(C)C(=O)O)cc1. The lowest BCUT2D eigenvalue weighted by Gasteiger charge is -2.19. The van der Waals surface area contributed by atoms with Crippen LogP contribution in [0.3, 0.4) is 0 Å². The van der Waals surface area contributed by atoms with Crippen molar-refractivity contribution in [2.45, 2.75) is 20.8 Å². The summed E-state index contributed by atoms with van der Waals surface area (Å²) in [5.74, 6) is -1.52. The molecule has 2 amide bonds. The Hall–Kier alpha value is -2.37. The molecule has 0 bridgehead atoms. The van der Waals surface area contributed by atoms with E-state index < -0.39 is 11.4 Å². The van der Waals surface area contributed by atoms with Crippen molar-refractivity contribution in [2.75, 3.05) is 11.9 Å². The Morgan fingerprint density at radius 3 is 2.15 bits per heavy atom. The van der Waals surface area contributed by atoms with Crippen LogP contribution in [-0.2, 0) is 9.59 Å². The van der Waals surface area contributed by atoms with Crippen molar-refractivity contribution in [1.82, 2.24) is 5.32 Å². The summed E-state index contributed by atoms with van der Waals surface area (Å²) in [5, 5.41) is 14.1. The second-order valence-corrected chi connectivity index (χ2v) is 5.13. The minimum atomic E-state index is -1.02. The number of anilines is 1. The van der Waals surface area contributed by atoms with E-state index in [0.29, 0.717) is 11.3 Å². The normalized spacial score (nSPS) is 10.8. The Morgan fingerprint density at radius 1 is 1.15 bits per heavy atom. The van der Waals surface area contributed by atoms with Gasteiger partial charge in [0.05, 0.1) is 5.41 Å². The highest BCUT2D eigenvalue weighted by Gasteiger charge is 2.27. The Morgan fingerprint density at radius 2 is 1.70 bits per heavy atom. The van der Waals surface area contributed by atoms with Crippen molar-refractivity contribution >= 4 is 23.5 Å². The predicted octanol–water partition coefficient (Wildman–Crippen LogP) is 1.49. The highest BCUT2D eigenvalue weighted by atomic mass is 16.4. The van der Waals surface area contributed by atoms with Gasteiger partial charge >= 0.3 is 5.97 Å². The molecular formula is C14H18N2O4. The number of carbonyl (C=O) groups excluding carboxylic acids is 2. The quantitative estimate of drug-likeness (QED) is 0.760. The lowest BCUT2D eigenvalue weighted by Crippen LogP contribution is -2.38. The minimum absolute atomic E-state index is 0.0363. The largest absolute Gasteiger partial charge is 0.481 e. The topological polar surface area (TPSA) is 95.5 Å². The lowest BCUT2D eigenvalue weighted by molar-refractivity contribution is -0.146. The molecule has 0 aliphatic rings. The van der Waals surface area contributed by atoms with E-state index >= 15 is 0 Å². The summed E-state index contributed by atoms with van der Waals surface area (Å²) in [7, 11) is 0. The van der Waals surface area contributed by atoms with E-state index in [4.69, 9.17) is 5.11 Å². The summed E-state index contributed by atoms with van der Waals surface area (Å²) in [4.78, 5) is 33.6. The maximum absolute atomic E-state index is 11.9. The molecule has 0 atom stereocenters. The molecule has 0 spiro atoms. The highest BCUT2D eigenvalue weighted by Crippen LogP contribution is 2.14. The van der Waals surface area contributed by atoms with Crippen molar-refractivity contribution in [1.29, 1.82) is 0 Å².